The number of nitrogens with two attached hydrogens (primary N) is 1. The minimum absolute atomic E-state index is 0.0280. The van der Waals surface area contributed by atoms with Crippen LogP contribution in [0.4, 0.5) is 0 Å². The van der Waals surface area contributed by atoms with E-state index in [2.05, 4.69) is 4.90 Å². The molecule has 3 fully saturated rings. The van der Waals surface area contributed by atoms with Gasteiger partial charge in [-0.15, -0.1) is 0 Å². The molecule has 120 valence electrons. The molecule has 1 aromatic rings. The number of nitrogen functional groups attached to an aromatic ring is 1. The molecule has 1 aromatic carbocycles. The molecule has 0 spiro atoms. The van der Waals surface area contributed by atoms with E-state index in [-0.39, 0.29) is 41.6 Å². The SMILES string of the molecule is CN1C(=O)C2C(C1=O)C(c1ccc(C(=N)N)cc1)N1CCCC21. The van der Waals surface area contributed by atoms with E-state index in [0.29, 0.717) is 5.56 Å². The molecule has 6 heteroatoms. The lowest BCUT2D eigenvalue weighted by molar-refractivity contribution is -0.139. The fourth-order valence-electron chi connectivity index (χ4n) is 4.61. The van der Waals surface area contributed by atoms with Crippen LogP contribution in [-0.2, 0) is 9.59 Å². The first-order valence-corrected chi connectivity index (χ1v) is 8.02. The van der Waals surface area contributed by atoms with E-state index < -0.39 is 0 Å². The lowest BCUT2D eigenvalue weighted by Gasteiger charge is -2.28. The van der Waals surface area contributed by atoms with Crippen molar-refractivity contribution in [2.75, 3.05) is 13.6 Å². The third-order valence-corrected chi connectivity index (χ3v) is 5.64. The second kappa shape index (κ2) is 4.89. The number of amides is 2. The number of amidine groups is 1. The van der Waals surface area contributed by atoms with E-state index in [1.165, 1.54) is 4.90 Å². The van der Waals surface area contributed by atoms with Gasteiger partial charge in [-0.05, 0) is 24.9 Å². The molecule has 4 rings (SSSR count). The highest BCUT2D eigenvalue weighted by Gasteiger charge is 2.62. The average molecular weight is 312 g/mol. The second-order valence-corrected chi connectivity index (χ2v) is 6.71. The minimum Gasteiger partial charge on any atom is -0.384 e. The molecule has 0 aliphatic carbocycles. The van der Waals surface area contributed by atoms with Crippen LogP contribution in [0.3, 0.4) is 0 Å². The molecule has 0 aromatic heterocycles. The number of fused-ring (bicyclic) bond motifs is 3. The van der Waals surface area contributed by atoms with Crippen LogP contribution in [0.2, 0.25) is 0 Å². The highest BCUT2D eigenvalue weighted by atomic mass is 16.2. The van der Waals surface area contributed by atoms with Gasteiger partial charge in [0.1, 0.15) is 5.84 Å². The number of benzene rings is 1. The molecule has 3 saturated heterocycles. The zero-order valence-electron chi connectivity index (χ0n) is 13.0. The molecule has 3 aliphatic heterocycles. The van der Waals surface area contributed by atoms with E-state index in [4.69, 9.17) is 11.1 Å². The Balaban J connectivity index is 1.76. The standard InChI is InChI=1S/C17H20N4O2/c1-20-16(22)12-11-3-2-8-21(11)14(13(12)17(20)23)9-4-6-10(7-5-9)15(18)19/h4-7,11-14H,2-3,8H2,1H3,(H3,18,19). The first kappa shape index (κ1) is 14.4. The van der Waals surface area contributed by atoms with Crippen LogP contribution >= 0.6 is 0 Å². The quantitative estimate of drug-likeness (QED) is 0.478. The van der Waals surface area contributed by atoms with Crippen molar-refractivity contribution in [3.8, 4) is 0 Å². The lowest BCUT2D eigenvalue weighted by atomic mass is 9.85. The number of likely N-dealkylation sites (tertiary alicyclic amines) is 1. The molecule has 6 nitrogen and oxygen atoms in total. The van der Waals surface area contributed by atoms with Gasteiger partial charge < -0.3 is 5.73 Å². The molecule has 23 heavy (non-hydrogen) atoms. The van der Waals surface area contributed by atoms with E-state index in [1.54, 1.807) is 7.05 Å². The zero-order valence-corrected chi connectivity index (χ0v) is 13.0. The largest absolute Gasteiger partial charge is 0.384 e. The zero-order chi connectivity index (χ0) is 16.3. The second-order valence-electron chi connectivity index (χ2n) is 6.71. The van der Waals surface area contributed by atoms with Crippen LogP contribution in [0.25, 0.3) is 0 Å². The van der Waals surface area contributed by atoms with Crippen LogP contribution in [0.15, 0.2) is 24.3 Å². The predicted molar refractivity (Wildman–Crippen MR) is 84.7 cm³/mol. The molecule has 0 saturated carbocycles. The number of rotatable bonds is 2. The molecule has 3 N–H and O–H groups in total. The maximum Gasteiger partial charge on any atom is 0.234 e. The number of imide groups is 1. The van der Waals surface area contributed by atoms with Crippen molar-refractivity contribution in [1.29, 1.82) is 5.41 Å². The van der Waals surface area contributed by atoms with Gasteiger partial charge in [-0.2, -0.15) is 0 Å². The Kier molecular flexibility index (Phi) is 3.06. The third-order valence-electron chi connectivity index (χ3n) is 5.64. The monoisotopic (exact) mass is 312 g/mol. The highest BCUT2D eigenvalue weighted by Crippen LogP contribution is 2.52. The molecule has 2 amide bonds. The van der Waals surface area contributed by atoms with Gasteiger partial charge in [-0.25, -0.2) is 0 Å². The van der Waals surface area contributed by atoms with Gasteiger partial charge in [0.25, 0.3) is 0 Å². The molecule has 3 heterocycles. The molecule has 0 radical (unpaired) electrons. The van der Waals surface area contributed by atoms with Gasteiger partial charge in [0.2, 0.25) is 11.8 Å². The summed E-state index contributed by atoms with van der Waals surface area (Å²) in [5.74, 6) is -0.532. The molecule has 4 atom stereocenters. The molecule has 0 bridgehead atoms. The summed E-state index contributed by atoms with van der Waals surface area (Å²) in [6, 6.07) is 7.65. The highest BCUT2D eigenvalue weighted by molar-refractivity contribution is 6.06. The van der Waals surface area contributed by atoms with Crippen LogP contribution in [-0.4, -0.2) is 47.1 Å². The van der Waals surface area contributed by atoms with Crippen LogP contribution in [0.1, 0.15) is 30.0 Å². The van der Waals surface area contributed by atoms with E-state index in [1.807, 2.05) is 24.3 Å². The van der Waals surface area contributed by atoms with Crippen molar-refractivity contribution >= 4 is 17.6 Å². The fraction of sp³-hybridized carbons (Fsp3) is 0.471. The van der Waals surface area contributed by atoms with Gasteiger partial charge in [0.05, 0.1) is 11.8 Å². The summed E-state index contributed by atoms with van der Waals surface area (Å²) in [5.41, 5.74) is 7.22. The summed E-state index contributed by atoms with van der Waals surface area (Å²) in [4.78, 5) is 28.7. The lowest BCUT2D eigenvalue weighted by Crippen LogP contribution is -2.37. The Labute approximate surface area is 134 Å². The Morgan fingerprint density at radius 2 is 1.83 bits per heavy atom. The van der Waals surface area contributed by atoms with Crippen LogP contribution in [0.5, 0.6) is 0 Å². The third kappa shape index (κ3) is 1.88. The Bertz CT molecular complexity index is 699. The van der Waals surface area contributed by atoms with Crippen molar-refractivity contribution in [1.82, 2.24) is 9.80 Å². The average Bonchev–Trinajstić information content (AvgIpc) is 3.17. The van der Waals surface area contributed by atoms with Gasteiger partial charge >= 0.3 is 0 Å². The number of nitrogens with zero attached hydrogens (tertiary/aromatic N) is 2. The summed E-state index contributed by atoms with van der Waals surface area (Å²) < 4.78 is 0. The summed E-state index contributed by atoms with van der Waals surface area (Å²) in [5, 5.41) is 7.50. The maximum atomic E-state index is 12.6. The summed E-state index contributed by atoms with van der Waals surface area (Å²) >= 11 is 0. The number of hydrogen-bond donors (Lipinski definition) is 2. The topological polar surface area (TPSA) is 90.5 Å². The molecular weight excluding hydrogens is 292 g/mol. The van der Waals surface area contributed by atoms with Gasteiger partial charge in [0, 0.05) is 24.7 Å². The van der Waals surface area contributed by atoms with E-state index in [0.717, 1.165) is 24.9 Å². The Hall–Kier alpha value is -2.21. The van der Waals surface area contributed by atoms with Crippen molar-refractivity contribution in [3.63, 3.8) is 0 Å². The molecule has 3 aliphatic rings. The summed E-state index contributed by atoms with van der Waals surface area (Å²) in [7, 11) is 1.60. The first-order chi connectivity index (χ1) is 11.0. The van der Waals surface area contributed by atoms with Crippen LogP contribution < -0.4 is 5.73 Å². The summed E-state index contributed by atoms with van der Waals surface area (Å²) in [6.45, 7) is 0.932. The first-order valence-electron chi connectivity index (χ1n) is 8.02. The number of carbonyl (C=O) groups excluding carboxylic acids is 2. The van der Waals surface area contributed by atoms with Gasteiger partial charge in [0.15, 0.2) is 0 Å². The van der Waals surface area contributed by atoms with Crippen molar-refractivity contribution in [2.45, 2.75) is 24.9 Å². The summed E-state index contributed by atoms with van der Waals surface area (Å²) in [6.07, 6.45) is 2.05. The normalized spacial score (nSPS) is 33.2. The molecular formula is C17H20N4O2. The number of nitrogens with one attached hydrogen (secondary N) is 1. The number of carbonyl (C=O) groups is 2. The molecule has 4 unspecified atom stereocenters. The van der Waals surface area contributed by atoms with Crippen molar-refractivity contribution < 1.29 is 9.59 Å². The Morgan fingerprint density at radius 3 is 2.48 bits per heavy atom. The minimum atomic E-state index is -0.277. The van der Waals surface area contributed by atoms with Crippen molar-refractivity contribution in [2.24, 2.45) is 17.6 Å². The fourth-order valence-corrected chi connectivity index (χ4v) is 4.61. The maximum absolute atomic E-state index is 12.6. The predicted octanol–water partition coefficient (Wildman–Crippen LogP) is 0.721. The van der Waals surface area contributed by atoms with Crippen LogP contribution in [0, 0.1) is 17.2 Å². The van der Waals surface area contributed by atoms with E-state index in [9.17, 15) is 9.59 Å². The Morgan fingerprint density at radius 1 is 1.17 bits per heavy atom. The van der Waals surface area contributed by atoms with E-state index >= 15 is 0 Å². The van der Waals surface area contributed by atoms with Crippen molar-refractivity contribution in [3.05, 3.63) is 35.4 Å². The van der Waals surface area contributed by atoms with Gasteiger partial charge in [-0.3, -0.25) is 24.8 Å². The number of hydrogen-bond acceptors (Lipinski definition) is 4. The van der Waals surface area contributed by atoms with Gasteiger partial charge in [-0.1, -0.05) is 24.3 Å². The smallest absolute Gasteiger partial charge is 0.234 e.